The summed E-state index contributed by atoms with van der Waals surface area (Å²) in [6.45, 7) is 7.05. The smallest absolute Gasteiger partial charge is 0.149 e. The van der Waals surface area contributed by atoms with Gasteiger partial charge < -0.3 is 0 Å². The predicted molar refractivity (Wildman–Crippen MR) is 66.4 cm³/mol. The highest BCUT2D eigenvalue weighted by Crippen LogP contribution is 2.35. The third-order valence-electron chi connectivity index (χ3n) is 4.40. The van der Waals surface area contributed by atoms with Crippen LogP contribution in [-0.2, 0) is 4.79 Å². The van der Waals surface area contributed by atoms with Crippen LogP contribution in [0.1, 0.15) is 46.0 Å². The van der Waals surface area contributed by atoms with Crippen LogP contribution in [0.3, 0.4) is 0 Å². The average molecular weight is 223 g/mol. The lowest BCUT2D eigenvalue weighted by molar-refractivity contribution is -0.123. The topological polar surface area (TPSA) is 20.3 Å². The molecule has 92 valence electrons. The minimum atomic E-state index is 0.198. The van der Waals surface area contributed by atoms with E-state index in [1.54, 1.807) is 0 Å². The number of rotatable bonds is 3. The number of likely N-dealkylation sites (tertiary alicyclic amines) is 1. The molecule has 2 rings (SSSR count). The van der Waals surface area contributed by atoms with Crippen molar-refractivity contribution in [3.63, 3.8) is 0 Å². The van der Waals surface area contributed by atoms with Crippen LogP contribution in [0.4, 0.5) is 0 Å². The number of fused-ring (bicyclic) bond motifs is 1. The van der Waals surface area contributed by atoms with Crippen LogP contribution in [0.2, 0.25) is 0 Å². The fraction of sp³-hybridized carbons (Fsp3) is 0.929. The number of hydrogen-bond acceptors (Lipinski definition) is 2. The molecular weight excluding hydrogens is 198 g/mol. The summed E-state index contributed by atoms with van der Waals surface area (Å²) in [5.74, 6) is 2.47. The number of ketones is 1. The molecule has 2 aliphatic rings. The SMILES string of the molecule is CC(C)C(=O)CN1CCC2CCCCC2C1. The lowest BCUT2D eigenvalue weighted by atomic mass is 9.75. The molecule has 0 bridgehead atoms. The van der Waals surface area contributed by atoms with Crippen LogP contribution in [0.15, 0.2) is 0 Å². The maximum atomic E-state index is 11.7. The number of hydrogen-bond donors (Lipinski definition) is 0. The fourth-order valence-corrected chi connectivity index (χ4v) is 3.22. The maximum absolute atomic E-state index is 11.7. The fourth-order valence-electron chi connectivity index (χ4n) is 3.22. The lowest BCUT2D eigenvalue weighted by Gasteiger charge is -2.41. The van der Waals surface area contributed by atoms with Crippen LogP contribution in [0.5, 0.6) is 0 Å². The van der Waals surface area contributed by atoms with Gasteiger partial charge in [0.05, 0.1) is 6.54 Å². The van der Waals surface area contributed by atoms with Crippen molar-refractivity contribution in [3.05, 3.63) is 0 Å². The van der Waals surface area contributed by atoms with Crippen molar-refractivity contribution in [2.24, 2.45) is 17.8 Å². The van der Waals surface area contributed by atoms with E-state index in [-0.39, 0.29) is 5.92 Å². The average Bonchev–Trinajstić information content (AvgIpc) is 2.28. The Bertz CT molecular complexity index is 249. The molecule has 2 nitrogen and oxygen atoms in total. The minimum Gasteiger partial charge on any atom is -0.298 e. The van der Waals surface area contributed by atoms with E-state index < -0.39 is 0 Å². The molecule has 1 aliphatic heterocycles. The van der Waals surface area contributed by atoms with E-state index in [0.717, 1.165) is 18.4 Å². The highest BCUT2D eigenvalue weighted by Gasteiger charge is 2.31. The molecule has 1 aliphatic carbocycles. The second-order valence-electron chi connectivity index (χ2n) is 5.95. The molecule has 1 saturated carbocycles. The van der Waals surface area contributed by atoms with E-state index in [0.29, 0.717) is 12.3 Å². The molecule has 2 unspecified atom stereocenters. The van der Waals surface area contributed by atoms with Gasteiger partial charge in [-0.05, 0) is 31.2 Å². The summed E-state index contributed by atoms with van der Waals surface area (Å²) in [5, 5.41) is 0. The van der Waals surface area contributed by atoms with Gasteiger partial charge >= 0.3 is 0 Å². The molecule has 16 heavy (non-hydrogen) atoms. The molecular formula is C14H25NO. The molecule has 0 N–H and O–H groups in total. The first-order valence-corrected chi connectivity index (χ1v) is 6.92. The van der Waals surface area contributed by atoms with Gasteiger partial charge in [-0.25, -0.2) is 0 Å². The molecule has 0 aromatic heterocycles. The molecule has 0 aromatic rings. The van der Waals surface area contributed by atoms with Gasteiger partial charge in [-0.2, -0.15) is 0 Å². The monoisotopic (exact) mass is 223 g/mol. The minimum absolute atomic E-state index is 0.198. The van der Waals surface area contributed by atoms with E-state index in [2.05, 4.69) is 4.90 Å². The largest absolute Gasteiger partial charge is 0.298 e. The number of nitrogens with zero attached hydrogens (tertiary/aromatic N) is 1. The predicted octanol–water partition coefficient (Wildman–Crippen LogP) is 2.72. The molecule has 0 spiro atoms. The normalized spacial score (nSPS) is 31.4. The van der Waals surface area contributed by atoms with Crippen molar-refractivity contribution in [1.82, 2.24) is 4.90 Å². The van der Waals surface area contributed by atoms with Crippen LogP contribution in [-0.4, -0.2) is 30.3 Å². The summed E-state index contributed by atoms with van der Waals surface area (Å²) in [6, 6.07) is 0. The van der Waals surface area contributed by atoms with Crippen molar-refractivity contribution >= 4 is 5.78 Å². The van der Waals surface area contributed by atoms with Crippen molar-refractivity contribution in [2.75, 3.05) is 19.6 Å². The summed E-state index contributed by atoms with van der Waals surface area (Å²) in [6.07, 6.45) is 7.02. The zero-order valence-corrected chi connectivity index (χ0v) is 10.7. The second-order valence-corrected chi connectivity index (χ2v) is 5.95. The first-order valence-electron chi connectivity index (χ1n) is 6.92. The lowest BCUT2D eigenvalue weighted by Crippen LogP contribution is -2.44. The Balaban J connectivity index is 1.83. The summed E-state index contributed by atoms with van der Waals surface area (Å²) < 4.78 is 0. The molecule has 0 radical (unpaired) electrons. The number of carbonyl (C=O) groups excluding carboxylic acids is 1. The first-order chi connectivity index (χ1) is 7.66. The standard InChI is InChI=1S/C14H25NO/c1-11(2)14(16)10-15-8-7-12-5-3-4-6-13(12)9-15/h11-13H,3-10H2,1-2H3. The Hall–Kier alpha value is -0.370. The number of piperidine rings is 1. The van der Waals surface area contributed by atoms with E-state index >= 15 is 0 Å². The Morgan fingerprint density at radius 1 is 1.19 bits per heavy atom. The maximum Gasteiger partial charge on any atom is 0.149 e. The Morgan fingerprint density at radius 2 is 1.88 bits per heavy atom. The van der Waals surface area contributed by atoms with E-state index in [4.69, 9.17) is 0 Å². The Kier molecular flexibility index (Phi) is 4.01. The highest BCUT2D eigenvalue weighted by atomic mass is 16.1. The Morgan fingerprint density at radius 3 is 2.56 bits per heavy atom. The zero-order chi connectivity index (χ0) is 11.5. The van der Waals surface area contributed by atoms with Crippen LogP contribution < -0.4 is 0 Å². The van der Waals surface area contributed by atoms with Gasteiger partial charge in [-0.1, -0.05) is 33.1 Å². The molecule has 0 amide bonds. The molecule has 2 fully saturated rings. The second kappa shape index (κ2) is 5.31. The molecule has 2 heteroatoms. The summed E-state index contributed by atoms with van der Waals surface area (Å²) in [5.41, 5.74) is 0. The van der Waals surface area contributed by atoms with Gasteiger partial charge in [0.25, 0.3) is 0 Å². The molecule has 1 saturated heterocycles. The van der Waals surface area contributed by atoms with Crippen LogP contribution in [0, 0.1) is 17.8 Å². The molecule has 0 aromatic carbocycles. The van der Waals surface area contributed by atoms with Crippen molar-refractivity contribution in [1.29, 1.82) is 0 Å². The third kappa shape index (κ3) is 2.85. The van der Waals surface area contributed by atoms with Gasteiger partial charge in [-0.3, -0.25) is 9.69 Å². The van der Waals surface area contributed by atoms with Crippen molar-refractivity contribution < 1.29 is 4.79 Å². The quantitative estimate of drug-likeness (QED) is 0.733. The highest BCUT2D eigenvalue weighted by molar-refractivity contribution is 5.82. The van der Waals surface area contributed by atoms with E-state index in [9.17, 15) is 4.79 Å². The molecule has 1 heterocycles. The van der Waals surface area contributed by atoms with Crippen molar-refractivity contribution in [3.8, 4) is 0 Å². The first kappa shape index (κ1) is 12.1. The van der Waals surface area contributed by atoms with Crippen LogP contribution in [0.25, 0.3) is 0 Å². The van der Waals surface area contributed by atoms with Gasteiger partial charge in [0, 0.05) is 12.5 Å². The Labute approximate surface area is 99.4 Å². The van der Waals surface area contributed by atoms with Crippen molar-refractivity contribution in [2.45, 2.75) is 46.0 Å². The zero-order valence-electron chi connectivity index (χ0n) is 10.7. The molecule has 2 atom stereocenters. The van der Waals surface area contributed by atoms with E-state index in [1.165, 1.54) is 38.6 Å². The number of Topliss-reactive ketones (excluding diaryl/α,β-unsaturated/α-hetero) is 1. The summed E-state index contributed by atoms with van der Waals surface area (Å²) in [4.78, 5) is 14.1. The van der Waals surface area contributed by atoms with Gasteiger partial charge in [0.2, 0.25) is 0 Å². The van der Waals surface area contributed by atoms with Gasteiger partial charge in [0.15, 0.2) is 0 Å². The van der Waals surface area contributed by atoms with Gasteiger partial charge in [-0.15, -0.1) is 0 Å². The number of carbonyl (C=O) groups is 1. The summed E-state index contributed by atoms with van der Waals surface area (Å²) >= 11 is 0. The van der Waals surface area contributed by atoms with E-state index in [1.807, 2.05) is 13.8 Å². The third-order valence-corrected chi connectivity index (χ3v) is 4.40. The summed E-state index contributed by atoms with van der Waals surface area (Å²) in [7, 11) is 0. The van der Waals surface area contributed by atoms with Gasteiger partial charge in [0.1, 0.15) is 5.78 Å². The van der Waals surface area contributed by atoms with Crippen LogP contribution >= 0.6 is 0 Å².